The van der Waals surface area contributed by atoms with Crippen LogP contribution in [0.15, 0.2) is 24.5 Å². The number of carbonyl (C=O) groups is 1. The molecule has 1 N–H and O–H groups in total. The van der Waals surface area contributed by atoms with E-state index in [0.717, 1.165) is 30.3 Å². The summed E-state index contributed by atoms with van der Waals surface area (Å²) < 4.78 is 5.80. The third-order valence-corrected chi connectivity index (χ3v) is 4.45. The van der Waals surface area contributed by atoms with E-state index in [-0.39, 0.29) is 22.9 Å². The Kier molecular flexibility index (Phi) is 3.50. The normalized spacial score (nSPS) is 20.9. The number of H-pyrrole nitrogens is 1. The van der Waals surface area contributed by atoms with Gasteiger partial charge in [-0.05, 0) is 48.3 Å². The first kappa shape index (κ1) is 15.1. The van der Waals surface area contributed by atoms with Gasteiger partial charge in [-0.25, -0.2) is 9.78 Å². The molecule has 1 aromatic carbocycles. The van der Waals surface area contributed by atoms with Crippen molar-refractivity contribution in [1.29, 1.82) is 0 Å². The Labute approximate surface area is 131 Å². The van der Waals surface area contributed by atoms with Gasteiger partial charge < -0.3 is 9.72 Å². The summed E-state index contributed by atoms with van der Waals surface area (Å²) in [6.45, 7) is 9.02. The Bertz CT molecular complexity index is 684. The van der Waals surface area contributed by atoms with Crippen LogP contribution in [0.25, 0.3) is 11.0 Å². The fourth-order valence-electron chi connectivity index (χ4n) is 4.11. The number of nitrogens with one attached hydrogen (secondary N) is 1. The van der Waals surface area contributed by atoms with Gasteiger partial charge in [-0.15, -0.1) is 0 Å². The summed E-state index contributed by atoms with van der Waals surface area (Å²) in [7, 11) is 0. The first-order valence-electron chi connectivity index (χ1n) is 7.88. The summed E-state index contributed by atoms with van der Waals surface area (Å²) in [5.74, 6) is -0.241. The fourth-order valence-corrected chi connectivity index (χ4v) is 4.11. The molecule has 2 aromatic rings. The number of aromatic amines is 1. The lowest BCUT2D eigenvalue weighted by molar-refractivity contribution is -0.0283. The second-order valence-electron chi connectivity index (χ2n) is 8.08. The molecule has 1 heterocycles. The summed E-state index contributed by atoms with van der Waals surface area (Å²) in [4.78, 5) is 19.6. The van der Waals surface area contributed by atoms with Crippen LogP contribution in [0.2, 0.25) is 0 Å². The van der Waals surface area contributed by atoms with E-state index in [1.54, 1.807) is 12.4 Å². The summed E-state index contributed by atoms with van der Waals surface area (Å²) in [6.07, 6.45) is 4.63. The third-order valence-electron chi connectivity index (χ3n) is 4.45. The second-order valence-corrected chi connectivity index (χ2v) is 8.08. The zero-order valence-electron chi connectivity index (χ0n) is 13.8. The molecule has 0 amide bonds. The van der Waals surface area contributed by atoms with E-state index in [2.05, 4.69) is 37.7 Å². The van der Waals surface area contributed by atoms with Gasteiger partial charge in [0.05, 0.1) is 22.9 Å². The topological polar surface area (TPSA) is 55.0 Å². The number of hydrogen-bond donors (Lipinski definition) is 1. The van der Waals surface area contributed by atoms with Crippen LogP contribution in [0, 0.1) is 10.8 Å². The molecule has 1 aromatic heterocycles. The van der Waals surface area contributed by atoms with Crippen LogP contribution in [0.3, 0.4) is 0 Å². The van der Waals surface area contributed by atoms with E-state index in [4.69, 9.17) is 4.74 Å². The summed E-state index contributed by atoms with van der Waals surface area (Å²) >= 11 is 0. The molecule has 1 aliphatic carbocycles. The van der Waals surface area contributed by atoms with Gasteiger partial charge in [-0.1, -0.05) is 27.7 Å². The molecule has 0 radical (unpaired) electrons. The minimum atomic E-state index is -0.241. The molecule has 0 saturated heterocycles. The maximum Gasteiger partial charge on any atom is 0.338 e. The Hall–Kier alpha value is -1.84. The average Bonchev–Trinajstić information content (AvgIpc) is 2.81. The van der Waals surface area contributed by atoms with Crippen molar-refractivity contribution in [3.63, 3.8) is 0 Å². The van der Waals surface area contributed by atoms with E-state index >= 15 is 0 Å². The van der Waals surface area contributed by atoms with Gasteiger partial charge in [-0.3, -0.25) is 0 Å². The van der Waals surface area contributed by atoms with Crippen molar-refractivity contribution in [3.05, 3.63) is 30.1 Å². The molecule has 118 valence electrons. The molecule has 0 atom stereocenters. The Morgan fingerprint density at radius 3 is 2.59 bits per heavy atom. The van der Waals surface area contributed by atoms with E-state index in [9.17, 15) is 4.79 Å². The molecular formula is C18H24N2O2. The molecule has 0 aliphatic heterocycles. The van der Waals surface area contributed by atoms with Crippen molar-refractivity contribution in [1.82, 2.24) is 9.97 Å². The van der Waals surface area contributed by atoms with Crippen LogP contribution in [0.5, 0.6) is 0 Å². The zero-order chi connectivity index (χ0) is 16.0. The zero-order valence-corrected chi connectivity index (χ0v) is 13.8. The number of esters is 1. The molecule has 3 rings (SSSR count). The average molecular weight is 300 g/mol. The predicted octanol–water partition coefficient (Wildman–Crippen LogP) is 4.32. The SMILES string of the molecule is CC1(C)CC(OC(=O)c2ccc3nc[nH]c3c2)CC(C)(C)C1. The molecule has 22 heavy (non-hydrogen) atoms. The Morgan fingerprint density at radius 2 is 1.91 bits per heavy atom. The van der Waals surface area contributed by atoms with E-state index in [1.807, 2.05) is 12.1 Å². The van der Waals surface area contributed by atoms with Crippen LogP contribution < -0.4 is 0 Å². The third kappa shape index (κ3) is 3.16. The van der Waals surface area contributed by atoms with Crippen molar-refractivity contribution in [3.8, 4) is 0 Å². The first-order valence-corrected chi connectivity index (χ1v) is 7.88. The van der Waals surface area contributed by atoms with Crippen molar-refractivity contribution in [2.24, 2.45) is 10.8 Å². The maximum atomic E-state index is 12.4. The number of ether oxygens (including phenoxy) is 1. The smallest absolute Gasteiger partial charge is 0.338 e. The number of aromatic nitrogens is 2. The highest BCUT2D eigenvalue weighted by Gasteiger charge is 2.40. The van der Waals surface area contributed by atoms with Gasteiger partial charge in [0.25, 0.3) is 0 Å². The predicted molar refractivity (Wildman–Crippen MR) is 86.7 cm³/mol. The standard InChI is InChI=1S/C18H24N2O2/c1-17(2)8-13(9-18(3,4)10-17)22-16(21)12-5-6-14-15(7-12)20-11-19-14/h5-7,11,13H,8-10H2,1-4H3,(H,19,20). The lowest BCUT2D eigenvalue weighted by Crippen LogP contribution is -2.38. The van der Waals surface area contributed by atoms with Crippen molar-refractivity contribution in [2.75, 3.05) is 0 Å². The lowest BCUT2D eigenvalue weighted by atomic mass is 9.64. The van der Waals surface area contributed by atoms with Gasteiger partial charge in [0.15, 0.2) is 0 Å². The van der Waals surface area contributed by atoms with Crippen molar-refractivity contribution in [2.45, 2.75) is 53.1 Å². The Morgan fingerprint density at radius 1 is 1.23 bits per heavy atom. The monoisotopic (exact) mass is 300 g/mol. The summed E-state index contributed by atoms with van der Waals surface area (Å²) in [6, 6.07) is 5.44. The molecule has 0 bridgehead atoms. The summed E-state index contributed by atoms with van der Waals surface area (Å²) in [5.41, 5.74) is 2.72. The van der Waals surface area contributed by atoms with Gasteiger partial charge >= 0.3 is 5.97 Å². The lowest BCUT2D eigenvalue weighted by Gasteiger charge is -2.44. The molecule has 0 unspecified atom stereocenters. The molecule has 1 aliphatic rings. The number of imidazole rings is 1. The minimum absolute atomic E-state index is 0.0105. The largest absolute Gasteiger partial charge is 0.459 e. The highest BCUT2D eigenvalue weighted by atomic mass is 16.5. The number of benzene rings is 1. The number of hydrogen-bond acceptors (Lipinski definition) is 3. The molecule has 4 heteroatoms. The molecule has 0 spiro atoms. The quantitative estimate of drug-likeness (QED) is 0.840. The van der Waals surface area contributed by atoms with Crippen LogP contribution in [-0.4, -0.2) is 22.0 Å². The van der Waals surface area contributed by atoms with Crippen LogP contribution >= 0.6 is 0 Å². The number of rotatable bonds is 2. The fraction of sp³-hybridized carbons (Fsp3) is 0.556. The van der Waals surface area contributed by atoms with Gasteiger partial charge in [-0.2, -0.15) is 0 Å². The number of fused-ring (bicyclic) bond motifs is 1. The van der Waals surface area contributed by atoms with Crippen molar-refractivity contribution < 1.29 is 9.53 Å². The van der Waals surface area contributed by atoms with Gasteiger partial charge in [0.2, 0.25) is 0 Å². The molecule has 1 saturated carbocycles. The highest BCUT2D eigenvalue weighted by molar-refractivity contribution is 5.93. The number of nitrogens with zero attached hydrogens (tertiary/aromatic N) is 1. The van der Waals surface area contributed by atoms with E-state index in [0.29, 0.717) is 5.56 Å². The first-order chi connectivity index (χ1) is 10.2. The summed E-state index contributed by atoms with van der Waals surface area (Å²) in [5, 5.41) is 0. The van der Waals surface area contributed by atoms with E-state index in [1.165, 1.54) is 0 Å². The van der Waals surface area contributed by atoms with Crippen LogP contribution in [0.4, 0.5) is 0 Å². The highest BCUT2D eigenvalue weighted by Crippen LogP contribution is 2.46. The van der Waals surface area contributed by atoms with Crippen LogP contribution in [0.1, 0.15) is 57.3 Å². The van der Waals surface area contributed by atoms with Crippen LogP contribution in [-0.2, 0) is 4.74 Å². The van der Waals surface area contributed by atoms with Gasteiger partial charge in [0.1, 0.15) is 6.10 Å². The van der Waals surface area contributed by atoms with E-state index < -0.39 is 0 Å². The molecular weight excluding hydrogens is 276 g/mol. The van der Waals surface area contributed by atoms with Crippen molar-refractivity contribution >= 4 is 17.0 Å². The maximum absolute atomic E-state index is 12.4. The van der Waals surface area contributed by atoms with Gasteiger partial charge in [0, 0.05) is 0 Å². The number of carbonyl (C=O) groups excluding carboxylic acids is 1. The molecule has 1 fully saturated rings. The Balaban J connectivity index is 1.75. The minimum Gasteiger partial charge on any atom is -0.459 e. The molecule has 4 nitrogen and oxygen atoms in total. The second kappa shape index (κ2) is 5.11.